The molecule has 9 nitrogen and oxygen atoms in total. The molecule has 4 rings (SSSR count). The molecule has 160 valence electrons. The predicted octanol–water partition coefficient (Wildman–Crippen LogP) is 2.96. The van der Waals surface area contributed by atoms with Gasteiger partial charge in [-0.2, -0.15) is 5.26 Å². The van der Waals surface area contributed by atoms with E-state index in [1.54, 1.807) is 11.8 Å². The van der Waals surface area contributed by atoms with Crippen molar-refractivity contribution < 1.29 is 13.6 Å². The van der Waals surface area contributed by atoms with Gasteiger partial charge >= 0.3 is 0 Å². The number of thioether (sulfide) groups is 1. The van der Waals surface area contributed by atoms with E-state index >= 15 is 0 Å². The van der Waals surface area contributed by atoms with Crippen molar-refractivity contribution in [3.8, 4) is 17.5 Å². The summed E-state index contributed by atoms with van der Waals surface area (Å²) in [6.45, 7) is 8.05. The van der Waals surface area contributed by atoms with Gasteiger partial charge in [0.05, 0.1) is 5.75 Å². The van der Waals surface area contributed by atoms with Gasteiger partial charge in [0.15, 0.2) is 5.89 Å². The Hall–Kier alpha value is -3.32. The number of carbonyl (C=O) groups excluding carboxylic acids is 1. The van der Waals surface area contributed by atoms with E-state index in [0.29, 0.717) is 49.1 Å². The fourth-order valence-electron chi connectivity index (χ4n) is 3.34. The largest absolute Gasteiger partial charge is 0.424 e. The lowest BCUT2D eigenvalue weighted by atomic mass is 10.1. The van der Waals surface area contributed by atoms with Crippen molar-refractivity contribution in [3.63, 3.8) is 0 Å². The molecule has 1 amide bonds. The van der Waals surface area contributed by atoms with Crippen LogP contribution in [0, 0.1) is 32.1 Å². The highest BCUT2D eigenvalue weighted by molar-refractivity contribution is 7.99. The molecule has 0 unspecified atom stereocenters. The molecule has 10 heteroatoms. The first-order valence-corrected chi connectivity index (χ1v) is 10.9. The molecule has 0 spiro atoms. The maximum Gasteiger partial charge on any atom is 0.277 e. The Balaban J connectivity index is 1.30. The average Bonchev–Trinajstić information content (AvgIpc) is 3.40. The van der Waals surface area contributed by atoms with Crippen LogP contribution in [0.15, 0.2) is 32.3 Å². The molecule has 0 bridgehead atoms. The van der Waals surface area contributed by atoms with Crippen molar-refractivity contribution in [1.29, 1.82) is 5.26 Å². The number of rotatable bonds is 5. The van der Waals surface area contributed by atoms with Gasteiger partial charge in [0.25, 0.3) is 5.22 Å². The van der Waals surface area contributed by atoms with E-state index < -0.39 is 0 Å². The highest BCUT2D eigenvalue weighted by Crippen LogP contribution is 2.26. The minimum Gasteiger partial charge on any atom is -0.424 e. The van der Waals surface area contributed by atoms with Gasteiger partial charge in [-0.1, -0.05) is 17.8 Å². The first-order valence-electron chi connectivity index (χ1n) is 9.89. The van der Waals surface area contributed by atoms with Crippen LogP contribution in [0.25, 0.3) is 11.5 Å². The second-order valence-corrected chi connectivity index (χ2v) is 8.25. The van der Waals surface area contributed by atoms with Crippen LogP contribution in [0.2, 0.25) is 0 Å². The molecular formula is C21H22N6O3S. The average molecular weight is 439 g/mol. The highest BCUT2D eigenvalue weighted by Gasteiger charge is 2.26. The first kappa shape index (κ1) is 20.9. The van der Waals surface area contributed by atoms with Crippen LogP contribution < -0.4 is 4.90 Å². The molecule has 1 fully saturated rings. The van der Waals surface area contributed by atoms with E-state index in [9.17, 15) is 10.1 Å². The number of hydrogen-bond donors (Lipinski definition) is 0. The van der Waals surface area contributed by atoms with Crippen molar-refractivity contribution in [2.24, 2.45) is 0 Å². The van der Waals surface area contributed by atoms with Gasteiger partial charge < -0.3 is 18.6 Å². The van der Waals surface area contributed by atoms with Crippen LogP contribution in [0.5, 0.6) is 0 Å². The third-order valence-electron chi connectivity index (χ3n) is 5.22. The molecule has 31 heavy (non-hydrogen) atoms. The third-order valence-corrected chi connectivity index (χ3v) is 6.02. The number of piperazine rings is 1. The van der Waals surface area contributed by atoms with Crippen molar-refractivity contribution in [1.82, 2.24) is 20.1 Å². The molecule has 0 atom stereocenters. The molecular weight excluding hydrogens is 416 g/mol. The molecule has 0 radical (unpaired) electrons. The van der Waals surface area contributed by atoms with Crippen molar-refractivity contribution >= 4 is 23.6 Å². The third kappa shape index (κ3) is 4.56. The maximum atomic E-state index is 12.6. The number of carbonyl (C=O) groups is 1. The Morgan fingerprint density at radius 1 is 1.13 bits per heavy atom. The second kappa shape index (κ2) is 8.81. The van der Waals surface area contributed by atoms with Crippen LogP contribution in [0.3, 0.4) is 0 Å². The van der Waals surface area contributed by atoms with Crippen molar-refractivity contribution in [3.05, 3.63) is 40.9 Å². The number of anilines is 1. The van der Waals surface area contributed by atoms with Crippen molar-refractivity contribution in [2.45, 2.75) is 26.0 Å². The number of aromatic nitrogens is 3. The molecule has 0 saturated carbocycles. The Kier molecular flexibility index (Phi) is 5.95. The van der Waals surface area contributed by atoms with E-state index in [4.69, 9.17) is 8.83 Å². The Morgan fingerprint density at radius 3 is 2.61 bits per heavy atom. The maximum absolute atomic E-state index is 12.6. The summed E-state index contributed by atoms with van der Waals surface area (Å²) >= 11 is 1.23. The molecule has 1 saturated heterocycles. The SMILES string of the molecule is Cc1nc(C#N)c(N2CCN(C(=O)CSc3nnc(-c4ccc(C)c(C)c4)o3)CC2)o1. The van der Waals surface area contributed by atoms with Gasteiger partial charge in [0, 0.05) is 38.7 Å². The van der Waals surface area contributed by atoms with E-state index in [0.717, 1.165) is 11.1 Å². The molecule has 2 aromatic heterocycles. The standard InChI is InChI=1S/C21H22N6O3S/c1-13-4-5-16(10-14(13)2)19-24-25-21(30-19)31-12-18(28)26-6-8-27(9-7-26)20-17(11-22)23-15(3)29-20/h4-5,10H,6-9,12H2,1-3H3. The normalized spacial score (nSPS) is 14.0. The summed E-state index contributed by atoms with van der Waals surface area (Å²) in [5.41, 5.74) is 3.50. The van der Waals surface area contributed by atoms with Crippen LogP contribution in [-0.4, -0.2) is 57.9 Å². The zero-order valence-electron chi connectivity index (χ0n) is 17.6. The van der Waals surface area contributed by atoms with Crippen LogP contribution in [0.4, 0.5) is 5.88 Å². The van der Waals surface area contributed by atoms with Crippen LogP contribution >= 0.6 is 11.8 Å². The van der Waals surface area contributed by atoms with E-state index in [1.165, 1.54) is 17.3 Å². The number of oxazole rings is 1. The van der Waals surface area contributed by atoms with E-state index in [1.807, 2.05) is 30.0 Å². The fourth-order valence-corrected chi connectivity index (χ4v) is 4.00. The Morgan fingerprint density at radius 2 is 1.90 bits per heavy atom. The smallest absolute Gasteiger partial charge is 0.277 e. The Bertz CT molecular complexity index is 1140. The Labute approximate surface area is 184 Å². The zero-order chi connectivity index (χ0) is 22.0. The lowest BCUT2D eigenvalue weighted by Crippen LogP contribution is -2.49. The molecule has 3 aromatic rings. The number of nitrogens with zero attached hydrogens (tertiary/aromatic N) is 6. The number of benzene rings is 1. The predicted molar refractivity (Wildman–Crippen MR) is 115 cm³/mol. The molecule has 1 aromatic carbocycles. The second-order valence-electron chi connectivity index (χ2n) is 7.33. The van der Waals surface area contributed by atoms with E-state index in [-0.39, 0.29) is 17.4 Å². The fraction of sp³-hybridized carbons (Fsp3) is 0.381. The van der Waals surface area contributed by atoms with Gasteiger partial charge in [0.1, 0.15) is 6.07 Å². The summed E-state index contributed by atoms with van der Waals surface area (Å²) < 4.78 is 11.3. The lowest BCUT2D eigenvalue weighted by Gasteiger charge is -2.34. The number of amides is 1. The van der Waals surface area contributed by atoms with Gasteiger partial charge in [0.2, 0.25) is 23.4 Å². The number of hydrogen-bond acceptors (Lipinski definition) is 9. The van der Waals surface area contributed by atoms with E-state index in [2.05, 4.69) is 28.2 Å². The summed E-state index contributed by atoms with van der Waals surface area (Å²) in [5.74, 6) is 1.61. The van der Waals surface area contributed by atoms with Gasteiger partial charge in [-0.15, -0.1) is 10.2 Å². The minimum absolute atomic E-state index is 0.00448. The van der Waals surface area contributed by atoms with Crippen molar-refractivity contribution in [2.75, 3.05) is 36.8 Å². The highest BCUT2D eigenvalue weighted by atomic mass is 32.2. The van der Waals surface area contributed by atoms with Crippen LogP contribution in [0.1, 0.15) is 22.7 Å². The number of nitriles is 1. The van der Waals surface area contributed by atoms with Gasteiger partial charge in [-0.25, -0.2) is 4.98 Å². The molecule has 1 aliphatic rings. The minimum atomic E-state index is 0.00448. The summed E-state index contributed by atoms with van der Waals surface area (Å²) in [6.07, 6.45) is 0. The molecule has 1 aliphatic heterocycles. The lowest BCUT2D eigenvalue weighted by molar-refractivity contribution is -0.128. The van der Waals surface area contributed by atoms with Gasteiger partial charge in [-0.05, 0) is 37.1 Å². The molecule has 0 aliphatic carbocycles. The monoisotopic (exact) mass is 438 g/mol. The topological polar surface area (TPSA) is 112 Å². The molecule has 0 N–H and O–H groups in total. The first-order chi connectivity index (χ1) is 14.9. The summed E-state index contributed by atoms with van der Waals surface area (Å²) in [6, 6.07) is 8.03. The summed E-state index contributed by atoms with van der Waals surface area (Å²) in [4.78, 5) is 20.4. The van der Waals surface area contributed by atoms with Crippen LogP contribution in [-0.2, 0) is 4.79 Å². The summed E-state index contributed by atoms with van der Waals surface area (Å²) in [5, 5.41) is 17.7. The number of aryl methyl sites for hydroxylation is 3. The quantitative estimate of drug-likeness (QED) is 0.555. The van der Waals surface area contributed by atoms with Gasteiger partial charge in [-0.3, -0.25) is 4.79 Å². The zero-order valence-corrected chi connectivity index (χ0v) is 18.4. The molecule has 3 heterocycles. The summed E-state index contributed by atoms with van der Waals surface area (Å²) in [7, 11) is 0.